The van der Waals surface area contributed by atoms with Gasteiger partial charge in [0.1, 0.15) is 0 Å². The normalized spacial score (nSPS) is 10.6. The molecule has 3 nitrogen and oxygen atoms in total. The summed E-state index contributed by atoms with van der Waals surface area (Å²) in [7, 11) is 0. The van der Waals surface area contributed by atoms with Crippen LogP contribution in [-0.2, 0) is 4.79 Å². The minimum atomic E-state index is -0.151. The van der Waals surface area contributed by atoms with E-state index in [0.717, 1.165) is 11.3 Å². The van der Waals surface area contributed by atoms with Crippen LogP contribution in [0.15, 0.2) is 41.2 Å². The maximum Gasteiger partial charge on any atom is 0.248 e. The van der Waals surface area contributed by atoms with Crippen LogP contribution in [0.2, 0.25) is 0 Å². The maximum atomic E-state index is 11.6. The molecule has 17 heavy (non-hydrogen) atoms. The molecule has 2 rings (SSSR count). The zero-order chi connectivity index (χ0) is 12.1. The predicted molar refractivity (Wildman–Crippen MR) is 71.0 cm³/mol. The third kappa shape index (κ3) is 3.53. The van der Waals surface area contributed by atoms with Crippen LogP contribution >= 0.6 is 11.3 Å². The monoisotopic (exact) mass is 244 g/mol. The first-order valence-electron chi connectivity index (χ1n) is 5.18. The first-order chi connectivity index (χ1) is 8.24. The van der Waals surface area contributed by atoms with Crippen LogP contribution in [0.5, 0.6) is 0 Å². The van der Waals surface area contributed by atoms with E-state index in [1.165, 1.54) is 6.08 Å². The van der Waals surface area contributed by atoms with E-state index < -0.39 is 0 Å². The lowest BCUT2D eigenvalue weighted by molar-refractivity contribution is -0.111. The van der Waals surface area contributed by atoms with E-state index in [9.17, 15) is 4.79 Å². The van der Waals surface area contributed by atoms with Crippen LogP contribution in [0.4, 0.5) is 5.69 Å². The molecule has 4 heteroatoms. The summed E-state index contributed by atoms with van der Waals surface area (Å²) in [6.45, 7) is 1.90. The summed E-state index contributed by atoms with van der Waals surface area (Å²) in [5.74, 6) is -0.151. The van der Waals surface area contributed by atoms with Gasteiger partial charge in [-0.1, -0.05) is 0 Å². The lowest BCUT2D eigenvalue weighted by Crippen LogP contribution is -2.07. The first kappa shape index (κ1) is 11.5. The zero-order valence-electron chi connectivity index (χ0n) is 9.38. The highest BCUT2D eigenvalue weighted by molar-refractivity contribution is 7.08. The van der Waals surface area contributed by atoms with Crippen LogP contribution in [0, 0.1) is 6.92 Å². The summed E-state index contributed by atoms with van der Waals surface area (Å²) in [6, 6.07) is 5.65. The molecule has 0 saturated heterocycles. The molecule has 0 saturated carbocycles. The van der Waals surface area contributed by atoms with Crippen LogP contribution in [-0.4, -0.2) is 10.9 Å². The molecule has 0 aliphatic carbocycles. The number of aromatic nitrogens is 1. The second kappa shape index (κ2) is 5.41. The van der Waals surface area contributed by atoms with Gasteiger partial charge in [-0.3, -0.25) is 9.78 Å². The summed E-state index contributed by atoms with van der Waals surface area (Å²) in [5.41, 5.74) is 2.67. The minimum absolute atomic E-state index is 0.151. The molecule has 1 N–H and O–H groups in total. The van der Waals surface area contributed by atoms with Crippen molar-refractivity contribution < 1.29 is 4.79 Å². The van der Waals surface area contributed by atoms with Crippen molar-refractivity contribution in [2.45, 2.75) is 6.92 Å². The van der Waals surface area contributed by atoms with E-state index >= 15 is 0 Å². The Labute approximate surface area is 104 Å². The SMILES string of the molecule is Cc1ccc(NC(=O)/C=C/c2ccsc2)cn1. The number of rotatable bonds is 3. The second-order valence-electron chi connectivity index (χ2n) is 3.57. The van der Waals surface area contributed by atoms with Crippen LogP contribution in [0.25, 0.3) is 6.08 Å². The molecule has 86 valence electrons. The molecule has 0 bridgehead atoms. The van der Waals surface area contributed by atoms with E-state index in [1.807, 2.05) is 35.9 Å². The molecule has 0 spiro atoms. The number of carbonyl (C=O) groups is 1. The summed E-state index contributed by atoms with van der Waals surface area (Å²) in [6.07, 6.45) is 4.95. The number of thiophene rings is 1. The molecule has 2 heterocycles. The molecule has 0 radical (unpaired) electrons. The van der Waals surface area contributed by atoms with Crippen molar-refractivity contribution >= 4 is 29.0 Å². The number of hydrogen-bond donors (Lipinski definition) is 1. The molecule has 0 aliphatic heterocycles. The van der Waals surface area contributed by atoms with Crippen LogP contribution in [0.1, 0.15) is 11.3 Å². The van der Waals surface area contributed by atoms with Gasteiger partial charge in [-0.25, -0.2) is 0 Å². The Kier molecular flexibility index (Phi) is 3.67. The van der Waals surface area contributed by atoms with Gasteiger partial charge >= 0.3 is 0 Å². The summed E-state index contributed by atoms with van der Waals surface area (Å²) in [5, 5.41) is 6.70. The number of pyridine rings is 1. The van der Waals surface area contributed by atoms with E-state index in [-0.39, 0.29) is 5.91 Å². The van der Waals surface area contributed by atoms with Gasteiger partial charge in [0, 0.05) is 11.8 Å². The zero-order valence-corrected chi connectivity index (χ0v) is 10.2. The topological polar surface area (TPSA) is 42.0 Å². The number of nitrogens with one attached hydrogen (secondary N) is 1. The van der Waals surface area contributed by atoms with Gasteiger partial charge in [0.05, 0.1) is 11.9 Å². The van der Waals surface area contributed by atoms with Crippen molar-refractivity contribution in [3.05, 3.63) is 52.5 Å². The summed E-state index contributed by atoms with van der Waals surface area (Å²) < 4.78 is 0. The van der Waals surface area contributed by atoms with Gasteiger partial charge in [0.15, 0.2) is 0 Å². The number of carbonyl (C=O) groups excluding carboxylic acids is 1. The Hall–Kier alpha value is -1.94. The van der Waals surface area contributed by atoms with Gasteiger partial charge in [0.2, 0.25) is 5.91 Å². The van der Waals surface area contributed by atoms with E-state index in [2.05, 4.69) is 10.3 Å². The summed E-state index contributed by atoms with van der Waals surface area (Å²) in [4.78, 5) is 15.7. The molecular formula is C13H12N2OS. The van der Waals surface area contributed by atoms with Crippen molar-refractivity contribution in [3.8, 4) is 0 Å². The van der Waals surface area contributed by atoms with Gasteiger partial charge in [-0.05, 0) is 47.5 Å². The van der Waals surface area contributed by atoms with Crippen LogP contribution in [0.3, 0.4) is 0 Å². The fourth-order valence-corrected chi connectivity index (χ4v) is 1.90. The molecule has 0 fully saturated rings. The lowest BCUT2D eigenvalue weighted by atomic mass is 10.3. The first-order valence-corrected chi connectivity index (χ1v) is 6.12. The average Bonchev–Trinajstić information content (AvgIpc) is 2.83. The molecule has 0 atom stereocenters. The highest BCUT2D eigenvalue weighted by atomic mass is 32.1. The highest BCUT2D eigenvalue weighted by Gasteiger charge is 1.97. The molecule has 2 aromatic heterocycles. The maximum absolute atomic E-state index is 11.6. The van der Waals surface area contributed by atoms with Crippen LogP contribution < -0.4 is 5.32 Å². The molecule has 0 aliphatic rings. The molecule has 1 amide bonds. The largest absolute Gasteiger partial charge is 0.321 e. The molecular weight excluding hydrogens is 232 g/mol. The van der Waals surface area contributed by atoms with Crippen molar-refractivity contribution in [1.82, 2.24) is 4.98 Å². The fourth-order valence-electron chi connectivity index (χ4n) is 1.27. The summed E-state index contributed by atoms with van der Waals surface area (Å²) >= 11 is 1.60. The smallest absolute Gasteiger partial charge is 0.248 e. The fraction of sp³-hybridized carbons (Fsp3) is 0.0769. The standard InChI is InChI=1S/C13H12N2OS/c1-10-2-4-12(8-14-10)15-13(16)5-3-11-6-7-17-9-11/h2-9H,1H3,(H,15,16)/b5-3+. The number of anilines is 1. The van der Waals surface area contributed by atoms with Gasteiger partial charge in [-0.2, -0.15) is 11.3 Å². The highest BCUT2D eigenvalue weighted by Crippen LogP contribution is 2.09. The lowest BCUT2D eigenvalue weighted by Gasteiger charge is -2.01. The van der Waals surface area contributed by atoms with Crippen molar-refractivity contribution in [1.29, 1.82) is 0 Å². The van der Waals surface area contributed by atoms with Gasteiger partial charge < -0.3 is 5.32 Å². The number of amides is 1. The number of aryl methyl sites for hydroxylation is 1. The third-order valence-corrected chi connectivity index (χ3v) is 2.85. The quantitative estimate of drug-likeness (QED) is 0.843. The third-order valence-electron chi connectivity index (χ3n) is 2.15. The average molecular weight is 244 g/mol. The van der Waals surface area contributed by atoms with Crippen molar-refractivity contribution in [3.63, 3.8) is 0 Å². The second-order valence-corrected chi connectivity index (χ2v) is 4.35. The number of hydrogen-bond acceptors (Lipinski definition) is 3. The Morgan fingerprint density at radius 2 is 2.29 bits per heavy atom. The minimum Gasteiger partial charge on any atom is -0.321 e. The van der Waals surface area contributed by atoms with Gasteiger partial charge in [0.25, 0.3) is 0 Å². The van der Waals surface area contributed by atoms with Crippen molar-refractivity contribution in [2.24, 2.45) is 0 Å². The predicted octanol–water partition coefficient (Wildman–Crippen LogP) is 3.10. The Morgan fingerprint density at radius 1 is 1.41 bits per heavy atom. The van der Waals surface area contributed by atoms with E-state index in [0.29, 0.717) is 5.69 Å². The van der Waals surface area contributed by atoms with Crippen molar-refractivity contribution in [2.75, 3.05) is 5.32 Å². The number of nitrogens with zero attached hydrogens (tertiary/aromatic N) is 1. The van der Waals surface area contributed by atoms with Gasteiger partial charge in [-0.15, -0.1) is 0 Å². The van der Waals surface area contributed by atoms with E-state index in [1.54, 1.807) is 23.6 Å². The Bertz CT molecular complexity index is 515. The molecule has 0 unspecified atom stereocenters. The Balaban J connectivity index is 1.95. The Morgan fingerprint density at radius 3 is 2.94 bits per heavy atom. The molecule has 2 aromatic rings. The van der Waals surface area contributed by atoms with E-state index in [4.69, 9.17) is 0 Å². The molecule has 0 aromatic carbocycles.